The third-order valence-electron chi connectivity index (χ3n) is 4.53. The summed E-state index contributed by atoms with van der Waals surface area (Å²) in [5, 5.41) is 2.97. The highest BCUT2D eigenvalue weighted by Crippen LogP contribution is 2.28. The van der Waals surface area contributed by atoms with Gasteiger partial charge in [-0.05, 0) is 35.9 Å². The smallest absolute Gasteiger partial charge is 0.224 e. The summed E-state index contributed by atoms with van der Waals surface area (Å²) in [6.07, 6.45) is 2.21. The van der Waals surface area contributed by atoms with Crippen molar-refractivity contribution in [2.45, 2.75) is 12.8 Å². The normalized spacial score (nSPS) is 10.7. The Bertz CT molecular complexity index is 1110. The van der Waals surface area contributed by atoms with E-state index < -0.39 is 0 Å². The number of benzene rings is 3. The summed E-state index contributed by atoms with van der Waals surface area (Å²) in [7, 11) is 0. The van der Waals surface area contributed by atoms with E-state index in [1.165, 1.54) is 12.1 Å². The van der Waals surface area contributed by atoms with Crippen LogP contribution in [0.2, 0.25) is 0 Å². The molecule has 0 atom stereocenters. The maximum absolute atomic E-state index is 13.0. The lowest BCUT2D eigenvalue weighted by Crippen LogP contribution is -2.13. The average Bonchev–Trinajstić information content (AvgIpc) is 3.23. The number of carbonyl (C=O) groups is 1. The number of oxazole rings is 1. The molecule has 0 bridgehead atoms. The van der Waals surface area contributed by atoms with E-state index >= 15 is 0 Å². The molecule has 1 amide bonds. The quantitative estimate of drug-likeness (QED) is 0.461. The van der Waals surface area contributed by atoms with Crippen LogP contribution in [0.25, 0.3) is 22.5 Å². The number of hydrogen-bond donors (Lipinski definition) is 1. The lowest BCUT2D eigenvalue weighted by molar-refractivity contribution is -0.116. The van der Waals surface area contributed by atoms with E-state index in [0.29, 0.717) is 18.1 Å². The number of carbonyl (C=O) groups excluding carboxylic acids is 1. The van der Waals surface area contributed by atoms with Gasteiger partial charge in [0.1, 0.15) is 5.82 Å². The molecule has 4 aromatic rings. The Labute approximate surface area is 168 Å². The molecule has 3 aromatic carbocycles. The van der Waals surface area contributed by atoms with Gasteiger partial charge < -0.3 is 9.73 Å². The molecule has 144 valence electrons. The van der Waals surface area contributed by atoms with Gasteiger partial charge in [-0.15, -0.1) is 0 Å². The van der Waals surface area contributed by atoms with E-state index in [0.717, 1.165) is 22.4 Å². The van der Waals surface area contributed by atoms with Crippen molar-refractivity contribution in [2.24, 2.45) is 0 Å². The number of aryl methyl sites for hydroxylation is 1. The first-order chi connectivity index (χ1) is 14.2. The summed E-state index contributed by atoms with van der Waals surface area (Å²) in [6, 6.07) is 23.6. The fourth-order valence-electron chi connectivity index (χ4n) is 3.07. The minimum atomic E-state index is -0.305. The average molecular weight is 386 g/mol. The molecule has 1 aromatic heterocycles. The molecule has 5 heteroatoms. The van der Waals surface area contributed by atoms with Gasteiger partial charge in [0.15, 0.2) is 11.7 Å². The molecule has 0 radical (unpaired) electrons. The Hall–Kier alpha value is -3.73. The van der Waals surface area contributed by atoms with Gasteiger partial charge in [0, 0.05) is 29.7 Å². The topological polar surface area (TPSA) is 55.1 Å². The molecule has 0 unspecified atom stereocenters. The Kier molecular flexibility index (Phi) is 5.47. The van der Waals surface area contributed by atoms with Crippen molar-refractivity contribution in [3.63, 3.8) is 0 Å². The summed E-state index contributed by atoms with van der Waals surface area (Å²) in [5.74, 6) is 0.599. The van der Waals surface area contributed by atoms with Crippen molar-refractivity contribution < 1.29 is 13.6 Å². The van der Waals surface area contributed by atoms with Crippen molar-refractivity contribution in [1.82, 2.24) is 4.98 Å². The third kappa shape index (κ3) is 4.58. The van der Waals surface area contributed by atoms with Crippen molar-refractivity contribution >= 4 is 11.6 Å². The second-order valence-electron chi connectivity index (χ2n) is 6.58. The zero-order valence-electron chi connectivity index (χ0n) is 15.6. The second-order valence-corrected chi connectivity index (χ2v) is 6.58. The summed E-state index contributed by atoms with van der Waals surface area (Å²) in [6.45, 7) is 0. The number of hydrogen-bond acceptors (Lipinski definition) is 3. The molecule has 0 fully saturated rings. The highest BCUT2D eigenvalue weighted by Gasteiger charge is 2.11. The van der Waals surface area contributed by atoms with Crippen LogP contribution in [0, 0.1) is 5.82 Å². The molecule has 1 N–H and O–H groups in total. The van der Waals surface area contributed by atoms with Gasteiger partial charge in [0.05, 0.1) is 6.20 Å². The molecule has 4 rings (SSSR count). The van der Waals surface area contributed by atoms with E-state index in [4.69, 9.17) is 4.42 Å². The number of halogens is 1. The maximum atomic E-state index is 13.0. The Morgan fingerprint density at radius 1 is 0.897 bits per heavy atom. The third-order valence-corrected chi connectivity index (χ3v) is 4.53. The van der Waals surface area contributed by atoms with Crippen LogP contribution in [0.1, 0.15) is 12.3 Å². The van der Waals surface area contributed by atoms with Crippen LogP contribution < -0.4 is 5.32 Å². The Morgan fingerprint density at radius 2 is 1.62 bits per heavy atom. The van der Waals surface area contributed by atoms with Gasteiger partial charge in [-0.3, -0.25) is 4.79 Å². The van der Waals surface area contributed by atoms with Crippen LogP contribution in [0.4, 0.5) is 10.1 Å². The Morgan fingerprint density at radius 3 is 2.41 bits per heavy atom. The van der Waals surface area contributed by atoms with Gasteiger partial charge >= 0.3 is 0 Å². The van der Waals surface area contributed by atoms with Gasteiger partial charge in [-0.2, -0.15) is 0 Å². The first-order valence-corrected chi connectivity index (χ1v) is 9.34. The summed E-state index contributed by atoms with van der Waals surface area (Å²) in [5.41, 5.74) is 3.52. The van der Waals surface area contributed by atoms with E-state index in [2.05, 4.69) is 10.3 Å². The number of rotatable bonds is 6. The number of nitrogens with zero attached hydrogens (tertiary/aromatic N) is 1. The molecule has 0 spiro atoms. The number of para-hydroxylation sites is 1. The predicted molar refractivity (Wildman–Crippen MR) is 111 cm³/mol. The summed E-state index contributed by atoms with van der Waals surface area (Å²) >= 11 is 0. The van der Waals surface area contributed by atoms with Gasteiger partial charge in [-0.25, -0.2) is 9.37 Å². The highest BCUT2D eigenvalue weighted by molar-refractivity contribution is 5.95. The molecule has 4 nitrogen and oxygen atoms in total. The van der Waals surface area contributed by atoms with Crippen LogP contribution in [-0.2, 0) is 11.2 Å². The largest absolute Gasteiger partial charge is 0.441 e. The molecule has 29 heavy (non-hydrogen) atoms. The maximum Gasteiger partial charge on any atom is 0.224 e. The predicted octanol–water partition coefficient (Wildman–Crippen LogP) is 5.72. The fourth-order valence-corrected chi connectivity index (χ4v) is 3.07. The highest BCUT2D eigenvalue weighted by atomic mass is 19.1. The van der Waals surface area contributed by atoms with E-state index in [9.17, 15) is 9.18 Å². The first-order valence-electron chi connectivity index (χ1n) is 9.34. The molecular weight excluding hydrogens is 367 g/mol. The zero-order chi connectivity index (χ0) is 20.1. The fraction of sp³-hybridized carbons (Fsp3) is 0.0833. The van der Waals surface area contributed by atoms with Crippen molar-refractivity contribution in [1.29, 1.82) is 0 Å². The standard InChI is InChI=1S/C24H19FN2O2/c25-19-12-10-18(11-13-19)22-16-26-24(29-22)15-14-23(28)27-21-9-5-4-8-20(21)17-6-2-1-3-7-17/h1-13,16H,14-15H2,(H,27,28). The molecule has 0 aliphatic carbocycles. The Balaban J connectivity index is 1.40. The minimum Gasteiger partial charge on any atom is -0.441 e. The first kappa shape index (κ1) is 18.6. The lowest BCUT2D eigenvalue weighted by Gasteiger charge is -2.11. The molecule has 0 aliphatic rings. The van der Waals surface area contributed by atoms with Gasteiger partial charge in [0.25, 0.3) is 0 Å². The number of nitrogens with one attached hydrogen (secondary N) is 1. The summed E-state index contributed by atoms with van der Waals surface area (Å²) < 4.78 is 18.7. The van der Waals surface area contributed by atoms with E-state index in [-0.39, 0.29) is 18.1 Å². The second kappa shape index (κ2) is 8.52. The van der Waals surface area contributed by atoms with Crippen LogP contribution in [0.5, 0.6) is 0 Å². The van der Waals surface area contributed by atoms with Crippen LogP contribution >= 0.6 is 0 Å². The van der Waals surface area contributed by atoms with E-state index in [1.54, 1.807) is 18.3 Å². The molecule has 0 aliphatic heterocycles. The van der Waals surface area contributed by atoms with Crippen molar-refractivity contribution in [3.05, 3.63) is 96.8 Å². The van der Waals surface area contributed by atoms with Gasteiger partial charge in [-0.1, -0.05) is 48.5 Å². The number of anilines is 1. The van der Waals surface area contributed by atoms with Crippen molar-refractivity contribution in [3.8, 4) is 22.5 Å². The zero-order valence-corrected chi connectivity index (χ0v) is 15.6. The molecule has 0 saturated carbocycles. The minimum absolute atomic E-state index is 0.116. The SMILES string of the molecule is O=C(CCc1ncc(-c2ccc(F)cc2)o1)Nc1ccccc1-c1ccccc1. The monoisotopic (exact) mass is 386 g/mol. The number of aromatic nitrogens is 1. The van der Waals surface area contributed by atoms with Crippen LogP contribution in [0.3, 0.4) is 0 Å². The molecule has 1 heterocycles. The summed E-state index contributed by atoms with van der Waals surface area (Å²) in [4.78, 5) is 16.7. The number of amides is 1. The van der Waals surface area contributed by atoms with E-state index in [1.807, 2.05) is 54.6 Å². The lowest BCUT2D eigenvalue weighted by atomic mass is 10.0. The molecular formula is C24H19FN2O2. The molecule has 0 saturated heterocycles. The van der Waals surface area contributed by atoms with Crippen molar-refractivity contribution in [2.75, 3.05) is 5.32 Å². The van der Waals surface area contributed by atoms with Gasteiger partial charge in [0.2, 0.25) is 5.91 Å². The van der Waals surface area contributed by atoms with Crippen LogP contribution in [0.15, 0.2) is 89.5 Å². The van der Waals surface area contributed by atoms with Crippen LogP contribution in [-0.4, -0.2) is 10.9 Å².